The van der Waals surface area contributed by atoms with Crippen molar-refractivity contribution >= 4 is 6.29 Å². The highest BCUT2D eigenvalue weighted by atomic mass is 16.4. The first-order chi connectivity index (χ1) is 6.69. The summed E-state index contributed by atoms with van der Waals surface area (Å²) in [5.74, 6) is 0.973. The normalized spacial score (nSPS) is 10.9. The van der Waals surface area contributed by atoms with Crippen molar-refractivity contribution in [2.24, 2.45) is 5.92 Å². The van der Waals surface area contributed by atoms with Crippen LogP contribution >= 0.6 is 0 Å². The first-order valence-corrected chi connectivity index (χ1v) is 4.84. The Morgan fingerprint density at radius 2 is 2.29 bits per heavy atom. The number of carbonyl (C=O) groups excluding carboxylic acids is 1. The van der Waals surface area contributed by atoms with Gasteiger partial charge in [0.15, 0.2) is 6.29 Å². The lowest BCUT2D eigenvalue weighted by Crippen LogP contribution is -1.95. The average molecular weight is 196 g/mol. The number of aliphatic hydroxyl groups is 1. The van der Waals surface area contributed by atoms with Gasteiger partial charge in [-0.3, -0.25) is 4.79 Å². The van der Waals surface area contributed by atoms with Crippen LogP contribution in [0.4, 0.5) is 0 Å². The lowest BCUT2D eigenvalue weighted by molar-refractivity contribution is 0.111. The summed E-state index contributed by atoms with van der Waals surface area (Å²) in [6.07, 6.45) is 4.17. The zero-order valence-electron chi connectivity index (χ0n) is 8.62. The van der Waals surface area contributed by atoms with Crippen molar-refractivity contribution < 1.29 is 14.3 Å². The molecule has 1 rings (SSSR count). The maximum Gasteiger partial charge on any atom is 0.153 e. The van der Waals surface area contributed by atoms with Gasteiger partial charge in [0.1, 0.15) is 12.4 Å². The molecule has 0 spiro atoms. The van der Waals surface area contributed by atoms with Gasteiger partial charge in [0.25, 0.3) is 0 Å². The van der Waals surface area contributed by atoms with Crippen LogP contribution in [0, 0.1) is 5.92 Å². The summed E-state index contributed by atoms with van der Waals surface area (Å²) in [6, 6.07) is 0. The molecule has 14 heavy (non-hydrogen) atoms. The number of hydrogen-bond donors (Lipinski definition) is 1. The van der Waals surface area contributed by atoms with Gasteiger partial charge >= 0.3 is 0 Å². The number of hydrogen-bond acceptors (Lipinski definition) is 3. The molecular formula is C11H16O3. The Bertz CT molecular complexity index is 299. The fraction of sp³-hybridized carbons (Fsp3) is 0.545. The van der Waals surface area contributed by atoms with E-state index < -0.39 is 0 Å². The maximum absolute atomic E-state index is 10.7. The number of aldehydes is 1. The summed E-state index contributed by atoms with van der Waals surface area (Å²) in [6.45, 7) is 4.05. The maximum atomic E-state index is 10.7. The minimum atomic E-state index is -0.213. The molecule has 0 bridgehead atoms. The topological polar surface area (TPSA) is 50.4 Å². The minimum Gasteiger partial charge on any atom is -0.466 e. The number of rotatable bonds is 5. The number of furan rings is 1. The molecule has 78 valence electrons. The molecule has 0 atom stereocenters. The third kappa shape index (κ3) is 2.45. The van der Waals surface area contributed by atoms with E-state index in [4.69, 9.17) is 9.52 Å². The number of carbonyl (C=O) groups is 1. The van der Waals surface area contributed by atoms with Crippen LogP contribution in [-0.4, -0.2) is 11.4 Å². The van der Waals surface area contributed by atoms with Gasteiger partial charge in [-0.1, -0.05) is 13.8 Å². The number of aliphatic hydroxyl groups excluding tert-OH is 1. The summed E-state index contributed by atoms with van der Waals surface area (Å²) in [4.78, 5) is 10.7. The van der Waals surface area contributed by atoms with Crippen LogP contribution in [-0.2, 0) is 13.0 Å². The van der Waals surface area contributed by atoms with Crippen molar-refractivity contribution in [1.82, 2.24) is 0 Å². The summed E-state index contributed by atoms with van der Waals surface area (Å²) < 4.78 is 5.09. The second kappa shape index (κ2) is 4.96. The first-order valence-electron chi connectivity index (χ1n) is 4.84. The third-order valence-electron chi connectivity index (χ3n) is 2.24. The molecule has 3 nitrogen and oxygen atoms in total. The Morgan fingerprint density at radius 3 is 2.79 bits per heavy atom. The van der Waals surface area contributed by atoms with Gasteiger partial charge in [-0.2, -0.15) is 0 Å². The number of aryl methyl sites for hydroxylation is 1. The molecule has 0 unspecified atom stereocenters. The molecule has 1 heterocycles. The van der Waals surface area contributed by atoms with Gasteiger partial charge < -0.3 is 9.52 Å². The zero-order valence-corrected chi connectivity index (χ0v) is 8.62. The molecule has 0 amide bonds. The molecule has 3 heteroatoms. The van der Waals surface area contributed by atoms with E-state index in [1.54, 1.807) is 6.26 Å². The van der Waals surface area contributed by atoms with Crippen LogP contribution in [0.15, 0.2) is 10.7 Å². The molecule has 0 saturated carbocycles. The van der Waals surface area contributed by atoms with Gasteiger partial charge in [-0.15, -0.1) is 0 Å². The fourth-order valence-corrected chi connectivity index (χ4v) is 1.35. The van der Waals surface area contributed by atoms with Crippen molar-refractivity contribution in [1.29, 1.82) is 0 Å². The van der Waals surface area contributed by atoms with Crippen molar-refractivity contribution in [3.8, 4) is 0 Å². The van der Waals surface area contributed by atoms with Crippen LogP contribution < -0.4 is 0 Å². The van der Waals surface area contributed by atoms with Crippen molar-refractivity contribution in [2.75, 3.05) is 0 Å². The highest BCUT2D eigenvalue weighted by Gasteiger charge is 2.12. The second-order valence-corrected chi connectivity index (χ2v) is 3.81. The molecular weight excluding hydrogens is 180 g/mol. The smallest absolute Gasteiger partial charge is 0.153 e. The van der Waals surface area contributed by atoms with E-state index in [1.807, 2.05) is 0 Å². The van der Waals surface area contributed by atoms with E-state index in [9.17, 15) is 4.79 Å². The largest absolute Gasteiger partial charge is 0.466 e. The molecule has 1 N–H and O–H groups in total. The van der Waals surface area contributed by atoms with E-state index in [0.29, 0.717) is 17.2 Å². The van der Waals surface area contributed by atoms with E-state index in [1.165, 1.54) is 0 Å². The molecule has 0 aromatic carbocycles. The predicted molar refractivity (Wildman–Crippen MR) is 53.2 cm³/mol. The lowest BCUT2D eigenvalue weighted by Gasteiger charge is -2.02. The Kier molecular flexibility index (Phi) is 3.89. The molecule has 0 aliphatic rings. The van der Waals surface area contributed by atoms with Crippen molar-refractivity contribution in [2.45, 2.75) is 33.3 Å². The van der Waals surface area contributed by atoms with Crippen LogP contribution in [0.1, 0.15) is 41.9 Å². The molecule has 0 aliphatic heterocycles. The van der Waals surface area contributed by atoms with Crippen LogP contribution in [0.5, 0.6) is 0 Å². The van der Waals surface area contributed by atoms with Gasteiger partial charge in [0.2, 0.25) is 0 Å². The molecule has 0 radical (unpaired) electrons. The minimum absolute atomic E-state index is 0.213. The Balaban J connectivity index is 2.76. The van der Waals surface area contributed by atoms with Gasteiger partial charge in [-0.05, 0) is 18.8 Å². The highest BCUT2D eigenvalue weighted by molar-refractivity contribution is 5.78. The summed E-state index contributed by atoms with van der Waals surface area (Å²) >= 11 is 0. The Labute approximate surface area is 83.7 Å². The van der Waals surface area contributed by atoms with E-state index in [2.05, 4.69) is 13.8 Å². The molecule has 0 aliphatic carbocycles. The monoisotopic (exact) mass is 196 g/mol. The Hall–Kier alpha value is -1.09. The molecule has 0 saturated heterocycles. The van der Waals surface area contributed by atoms with E-state index >= 15 is 0 Å². The van der Waals surface area contributed by atoms with Crippen LogP contribution in [0.2, 0.25) is 0 Å². The average Bonchev–Trinajstić information content (AvgIpc) is 2.56. The fourth-order valence-electron chi connectivity index (χ4n) is 1.35. The van der Waals surface area contributed by atoms with Crippen molar-refractivity contribution in [3.05, 3.63) is 23.2 Å². The Morgan fingerprint density at radius 1 is 1.57 bits per heavy atom. The summed E-state index contributed by atoms with van der Waals surface area (Å²) in [5, 5.41) is 8.89. The SMILES string of the molecule is CC(C)CCc1coc(CO)c1C=O. The van der Waals surface area contributed by atoms with Gasteiger partial charge in [0.05, 0.1) is 11.8 Å². The quantitative estimate of drug-likeness (QED) is 0.734. The molecule has 0 fully saturated rings. The van der Waals surface area contributed by atoms with E-state index in [0.717, 1.165) is 24.7 Å². The van der Waals surface area contributed by atoms with Gasteiger partial charge in [0, 0.05) is 5.56 Å². The van der Waals surface area contributed by atoms with Crippen LogP contribution in [0.3, 0.4) is 0 Å². The predicted octanol–water partition coefficient (Wildman–Crippen LogP) is 2.17. The first kappa shape index (κ1) is 11.0. The highest BCUT2D eigenvalue weighted by Crippen LogP contribution is 2.18. The lowest BCUT2D eigenvalue weighted by atomic mass is 10.0. The molecule has 1 aromatic rings. The standard InChI is InChI=1S/C11H16O3/c1-8(2)3-4-9-7-14-11(6-13)10(9)5-12/h5,7-8,13H,3-4,6H2,1-2H3. The van der Waals surface area contributed by atoms with Crippen LogP contribution in [0.25, 0.3) is 0 Å². The van der Waals surface area contributed by atoms with E-state index in [-0.39, 0.29) is 6.61 Å². The van der Waals surface area contributed by atoms with Gasteiger partial charge in [-0.25, -0.2) is 0 Å². The molecule has 1 aromatic heterocycles. The summed E-state index contributed by atoms with van der Waals surface area (Å²) in [5.41, 5.74) is 1.42. The van der Waals surface area contributed by atoms with Crippen molar-refractivity contribution in [3.63, 3.8) is 0 Å². The summed E-state index contributed by atoms with van der Waals surface area (Å²) in [7, 11) is 0. The zero-order chi connectivity index (χ0) is 10.6. The second-order valence-electron chi connectivity index (χ2n) is 3.81. The third-order valence-corrected chi connectivity index (χ3v) is 2.24.